The third-order valence-electron chi connectivity index (χ3n) is 4.28. The molecule has 0 unspecified atom stereocenters. The Balaban J connectivity index is 1.83. The van der Waals surface area contributed by atoms with Crippen molar-refractivity contribution in [3.63, 3.8) is 0 Å². The molecular weight excluding hydrogens is 389 g/mol. The fourth-order valence-corrected chi connectivity index (χ4v) is 3.91. The Bertz CT molecular complexity index is 674. The van der Waals surface area contributed by atoms with Gasteiger partial charge in [0.2, 0.25) is 0 Å². The number of rotatable bonds is 3. The molecule has 1 aliphatic rings. The lowest BCUT2D eigenvalue weighted by atomic mass is 9.83. The van der Waals surface area contributed by atoms with E-state index in [2.05, 4.69) is 45.1 Å². The van der Waals surface area contributed by atoms with E-state index in [0.717, 1.165) is 9.39 Å². The summed E-state index contributed by atoms with van der Waals surface area (Å²) in [5.41, 5.74) is 2.84. The molecule has 0 bridgehead atoms. The molecule has 0 radical (unpaired) electrons. The minimum absolute atomic E-state index is 0.0826. The number of nitrogens with zero attached hydrogens (tertiary/aromatic N) is 2. The molecule has 1 amide bonds. The summed E-state index contributed by atoms with van der Waals surface area (Å²) in [6.07, 6.45) is 8.11. The maximum Gasteiger partial charge on any atom is 0.259 e. The fourth-order valence-electron chi connectivity index (χ4n) is 3.18. The average Bonchev–Trinajstić information content (AvgIpc) is 2.87. The van der Waals surface area contributed by atoms with E-state index in [0.29, 0.717) is 11.5 Å². The molecule has 5 heteroatoms. The molecule has 1 fully saturated rings. The van der Waals surface area contributed by atoms with Gasteiger partial charge in [-0.05, 0) is 53.0 Å². The second kappa shape index (κ2) is 6.81. The van der Waals surface area contributed by atoms with Crippen molar-refractivity contribution in [2.75, 3.05) is 5.32 Å². The van der Waals surface area contributed by atoms with Crippen molar-refractivity contribution in [3.8, 4) is 0 Å². The van der Waals surface area contributed by atoms with E-state index in [4.69, 9.17) is 0 Å². The zero-order chi connectivity index (χ0) is 15.5. The van der Waals surface area contributed by atoms with Crippen LogP contribution in [0, 0.1) is 3.70 Å². The van der Waals surface area contributed by atoms with E-state index in [1.54, 1.807) is 10.9 Å². The highest BCUT2D eigenvalue weighted by atomic mass is 127. The molecular formula is C17H20IN3O. The molecule has 4 nitrogen and oxygen atoms in total. The molecule has 116 valence electrons. The maximum atomic E-state index is 12.5. The second-order valence-electron chi connectivity index (χ2n) is 5.88. The number of hydrogen-bond acceptors (Lipinski definition) is 2. The average molecular weight is 409 g/mol. The molecule has 1 saturated carbocycles. The number of halogens is 1. The Kier molecular flexibility index (Phi) is 4.81. The number of anilines is 1. The van der Waals surface area contributed by atoms with Gasteiger partial charge in [-0.15, -0.1) is 0 Å². The minimum atomic E-state index is -0.0826. The topological polar surface area (TPSA) is 46.9 Å². The van der Waals surface area contributed by atoms with Gasteiger partial charge >= 0.3 is 0 Å². The first kappa shape index (κ1) is 15.5. The highest BCUT2D eigenvalue weighted by Crippen LogP contribution is 2.36. The van der Waals surface area contributed by atoms with Crippen LogP contribution >= 0.6 is 22.6 Å². The van der Waals surface area contributed by atoms with Crippen LogP contribution in [0.5, 0.6) is 0 Å². The lowest BCUT2D eigenvalue weighted by Crippen LogP contribution is -2.15. The third kappa shape index (κ3) is 3.34. The van der Waals surface area contributed by atoms with Crippen LogP contribution in [0.15, 0.2) is 30.5 Å². The number of aromatic nitrogens is 2. The van der Waals surface area contributed by atoms with E-state index in [1.807, 2.05) is 19.2 Å². The van der Waals surface area contributed by atoms with Gasteiger partial charge in [-0.25, -0.2) is 0 Å². The monoisotopic (exact) mass is 409 g/mol. The number of nitrogens with one attached hydrogen (secondary N) is 1. The smallest absolute Gasteiger partial charge is 0.259 e. The van der Waals surface area contributed by atoms with Gasteiger partial charge in [-0.1, -0.05) is 37.5 Å². The highest BCUT2D eigenvalue weighted by Gasteiger charge is 2.20. The zero-order valence-corrected chi connectivity index (χ0v) is 14.8. The maximum absolute atomic E-state index is 12.5. The van der Waals surface area contributed by atoms with Gasteiger partial charge in [0.05, 0.1) is 5.56 Å². The van der Waals surface area contributed by atoms with Crippen molar-refractivity contribution in [3.05, 3.63) is 45.3 Å². The van der Waals surface area contributed by atoms with E-state index in [9.17, 15) is 4.79 Å². The minimum Gasteiger partial charge on any atom is -0.322 e. The second-order valence-corrected chi connectivity index (χ2v) is 6.91. The summed E-state index contributed by atoms with van der Waals surface area (Å²) < 4.78 is 2.40. The number of hydrogen-bond donors (Lipinski definition) is 1. The standard InChI is InChI=1S/C17H20IN3O/c1-21-11-14(16(18)20-21)17(22)19-15-10-6-5-9-13(15)12-7-3-2-4-8-12/h5-6,9-12H,2-4,7-8H2,1H3,(H,19,22). The summed E-state index contributed by atoms with van der Waals surface area (Å²) in [6.45, 7) is 0. The predicted molar refractivity (Wildman–Crippen MR) is 96.1 cm³/mol. The van der Waals surface area contributed by atoms with Crippen molar-refractivity contribution >= 4 is 34.2 Å². The van der Waals surface area contributed by atoms with Crippen LogP contribution in [-0.4, -0.2) is 15.7 Å². The van der Waals surface area contributed by atoms with Gasteiger partial charge in [0.1, 0.15) is 3.70 Å². The van der Waals surface area contributed by atoms with Gasteiger partial charge in [-0.3, -0.25) is 9.48 Å². The van der Waals surface area contributed by atoms with E-state index in [-0.39, 0.29) is 5.91 Å². The number of para-hydroxylation sites is 1. The van der Waals surface area contributed by atoms with E-state index < -0.39 is 0 Å². The summed E-state index contributed by atoms with van der Waals surface area (Å²) in [5, 5.41) is 7.31. The lowest BCUT2D eigenvalue weighted by molar-refractivity contribution is 0.102. The number of carbonyl (C=O) groups excluding carboxylic acids is 1. The third-order valence-corrected chi connectivity index (χ3v) is 5.08. The molecule has 1 aromatic heterocycles. The van der Waals surface area contributed by atoms with Crippen molar-refractivity contribution in [2.45, 2.75) is 38.0 Å². The van der Waals surface area contributed by atoms with Crippen molar-refractivity contribution in [1.29, 1.82) is 0 Å². The molecule has 3 rings (SSSR count). The molecule has 0 spiro atoms. The van der Waals surface area contributed by atoms with Crippen LogP contribution in [0.4, 0.5) is 5.69 Å². The molecule has 2 aromatic rings. The van der Waals surface area contributed by atoms with Crippen molar-refractivity contribution < 1.29 is 4.79 Å². The molecule has 1 aromatic carbocycles. The van der Waals surface area contributed by atoms with Crippen LogP contribution in [0.1, 0.15) is 53.9 Å². The molecule has 0 aliphatic heterocycles. The first-order valence-electron chi connectivity index (χ1n) is 7.74. The number of benzene rings is 1. The Morgan fingerprint density at radius 2 is 2.00 bits per heavy atom. The van der Waals surface area contributed by atoms with Crippen LogP contribution in [0.2, 0.25) is 0 Å². The van der Waals surface area contributed by atoms with Gasteiger partial charge in [-0.2, -0.15) is 5.10 Å². The first-order chi connectivity index (χ1) is 10.6. The van der Waals surface area contributed by atoms with Crippen LogP contribution in [0.3, 0.4) is 0 Å². The van der Waals surface area contributed by atoms with Gasteiger partial charge < -0.3 is 5.32 Å². The lowest BCUT2D eigenvalue weighted by Gasteiger charge is -2.24. The molecule has 22 heavy (non-hydrogen) atoms. The predicted octanol–water partition coefficient (Wildman–Crippen LogP) is 4.32. The Labute approximate surface area is 144 Å². The molecule has 0 atom stereocenters. The summed E-state index contributed by atoms with van der Waals surface area (Å²) in [6, 6.07) is 8.20. The van der Waals surface area contributed by atoms with Crippen molar-refractivity contribution in [2.24, 2.45) is 7.05 Å². The van der Waals surface area contributed by atoms with Crippen molar-refractivity contribution in [1.82, 2.24) is 9.78 Å². The Morgan fingerprint density at radius 3 is 2.68 bits per heavy atom. The Hall–Kier alpha value is -1.37. The van der Waals surface area contributed by atoms with E-state index in [1.165, 1.54) is 37.7 Å². The number of aryl methyl sites for hydroxylation is 1. The number of carbonyl (C=O) groups is 1. The van der Waals surface area contributed by atoms with Crippen LogP contribution in [-0.2, 0) is 7.05 Å². The van der Waals surface area contributed by atoms with Gasteiger partial charge in [0.25, 0.3) is 5.91 Å². The zero-order valence-electron chi connectivity index (χ0n) is 12.7. The first-order valence-corrected chi connectivity index (χ1v) is 8.82. The summed E-state index contributed by atoms with van der Waals surface area (Å²) in [7, 11) is 1.83. The molecule has 0 saturated heterocycles. The fraction of sp³-hybridized carbons (Fsp3) is 0.412. The Morgan fingerprint density at radius 1 is 1.27 bits per heavy atom. The number of amides is 1. The highest BCUT2D eigenvalue weighted by molar-refractivity contribution is 14.1. The molecule has 1 heterocycles. The SMILES string of the molecule is Cn1cc(C(=O)Nc2ccccc2C2CCCCC2)c(I)n1. The summed E-state index contributed by atoms with van der Waals surface area (Å²) in [4.78, 5) is 12.5. The van der Waals surface area contributed by atoms with E-state index >= 15 is 0 Å². The van der Waals surface area contributed by atoms with Crippen LogP contribution < -0.4 is 5.32 Å². The normalized spacial score (nSPS) is 15.7. The quantitative estimate of drug-likeness (QED) is 0.768. The molecule has 1 N–H and O–H groups in total. The van der Waals surface area contributed by atoms with Gasteiger partial charge in [0, 0.05) is 18.9 Å². The summed E-state index contributed by atoms with van der Waals surface area (Å²) in [5.74, 6) is 0.485. The molecule has 1 aliphatic carbocycles. The van der Waals surface area contributed by atoms with Gasteiger partial charge in [0.15, 0.2) is 0 Å². The largest absolute Gasteiger partial charge is 0.322 e. The van der Waals surface area contributed by atoms with Crippen LogP contribution in [0.25, 0.3) is 0 Å². The summed E-state index contributed by atoms with van der Waals surface area (Å²) >= 11 is 2.10.